The molecule has 0 aliphatic carbocycles. The summed E-state index contributed by atoms with van der Waals surface area (Å²) >= 11 is 1.17. The first-order chi connectivity index (χ1) is 29.3. The smallest absolute Gasteiger partial charge is 0.325 e. The van der Waals surface area contributed by atoms with Crippen LogP contribution in [0.4, 0.5) is 47.1 Å². The van der Waals surface area contributed by atoms with Crippen molar-refractivity contribution in [1.82, 2.24) is 29.9 Å². The van der Waals surface area contributed by atoms with Gasteiger partial charge in [-0.2, -0.15) is 46.7 Å². The van der Waals surface area contributed by atoms with Gasteiger partial charge in [-0.15, -0.1) is 8.67 Å². The van der Waals surface area contributed by atoms with Gasteiger partial charge in [-0.25, -0.2) is 15.5 Å². The standard InChI is InChI=1S/C30H34N12O16S4/c1-15(23(43)44)33-27-37-25(31-9-11-59-57-55-47)39-30(42-27)36-20-8-6-18(22(14-20)62(52,53)54)4-3-17-5-7-19(13-21(17)60-58-56-48)35-29-40-26(32-10-12-61(49,50)51)38-28(41-29)34-16(2)24(45)46/h3-9,13-16,47-48H,10-12H2,1-2H3,(H,43,44)(H,45,46)(H,49,50,51)(H,52,53,54)(H2,33,36,37,39,42)(H3,32,34,35,38,40,41)/b4-3?,31-9-. The Morgan fingerprint density at radius 2 is 1.29 bits per heavy atom. The van der Waals surface area contributed by atoms with Gasteiger partial charge in [0.2, 0.25) is 29.7 Å². The molecule has 2 heterocycles. The predicted molar refractivity (Wildman–Crippen MR) is 220 cm³/mol. The SMILES string of the molecule is CC(Nc1nc(/N=C\CSOOO)nc(Nc2ccc(C=Cc3ccc(Nc4nc(NCCS(=O)(=O)O)nc(NC(C)C(=O)O)n4)cc3SOOO)c(S(=O)(=O)O)c2)n1)C(=O)O. The van der Waals surface area contributed by atoms with Crippen LogP contribution in [0.5, 0.6) is 0 Å². The largest absolute Gasteiger partial charge is 0.480 e. The minimum absolute atomic E-state index is 0.0180. The van der Waals surface area contributed by atoms with Gasteiger partial charge >= 0.3 is 11.9 Å². The average molecular weight is 947 g/mol. The highest BCUT2D eigenvalue weighted by Gasteiger charge is 2.19. The lowest BCUT2D eigenvalue weighted by Gasteiger charge is -2.14. The molecule has 32 heteroatoms. The van der Waals surface area contributed by atoms with Crippen LogP contribution in [0.15, 0.2) is 51.2 Å². The number of hydrogen-bond donors (Lipinski definition) is 11. The normalized spacial score (nSPS) is 12.9. The second-order valence-electron chi connectivity index (χ2n) is 11.7. The quantitative estimate of drug-likeness (QED) is 0.00864. The number of aromatic nitrogens is 6. The number of carboxylic acids is 2. The number of anilines is 7. The number of nitrogens with zero attached hydrogens (tertiary/aromatic N) is 7. The molecule has 2 atom stereocenters. The van der Waals surface area contributed by atoms with Crippen LogP contribution < -0.4 is 26.6 Å². The summed E-state index contributed by atoms with van der Waals surface area (Å²) in [4.78, 5) is 51.0. The van der Waals surface area contributed by atoms with Crippen LogP contribution in [0.2, 0.25) is 0 Å². The highest BCUT2D eigenvalue weighted by molar-refractivity contribution is 7.95. The Hall–Kier alpha value is -5.91. The van der Waals surface area contributed by atoms with Gasteiger partial charge < -0.3 is 36.8 Å². The van der Waals surface area contributed by atoms with E-state index in [1.165, 1.54) is 62.5 Å². The lowest BCUT2D eigenvalue weighted by molar-refractivity contribution is -0.432. The molecule has 0 amide bonds. The van der Waals surface area contributed by atoms with Gasteiger partial charge in [0, 0.05) is 41.1 Å². The zero-order valence-electron chi connectivity index (χ0n) is 31.5. The number of benzene rings is 2. The second kappa shape index (κ2) is 22.8. The van der Waals surface area contributed by atoms with Gasteiger partial charge in [0.25, 0.3) is 26.2 Å². The first-order valence-electron chi connectivity index (χ1n) is 16.8. The van der Waals surface area contributed by atoms with E-state index in [0.29, 0.717) is 29.6 Å². The van der Waals surface area contributed by atoms with Crippen LogP contribution in [0.25, 0.3) is 12.2 Å². The number of aliphatic carboxylic acids is 2. The number of rotatable bonds is 25. The molecule has 0 fully saturated rings. The van der Waals surface area contributed by atoms with Crippen molar-refractivity contribution in [3.63, 3.8) is 0 Å². The van der Waals surface area contributed by atoms with Crippen molar-refractivity contribution in [2.75, 3.05) is 44.6 Å². The van der Waals surface area contributed by atoms with E-state index in [-0.39, 0.29) is 69.8 Å². The maximum atomic E-state index is 12.6. The summed E-state index contributed by atoms with van der Waals surface area (Å²) in [5, 5.41) is 56.3. The minimum Gasteiger partial charge on any atom is -0.480 e. The topological polar surface area (TPSA) is 411 Å². The Labute approximate surface area is 358 Å². The maximum Gasteiger partial charge on any atom is 0.325 e. The van der Waals surface area contributed by atoms with Crippen LogP contribution in [0.1, 0.15) is 25.0 Å². The summed E-state index contributed by atoms with van der Waals surface area (Å²) in [6, 6.07) is 5.95. The third kappa shape index (κ3) is 16.2. The second-order valence-corrected chi connectivity index (χ2v) is 16.1. The number of carbonyl (C=O) groups is 2. The first-order valence-corrected chi connectivity index (χ1v) is 21.5. The molecule has 4 rings (SSSR count). The summed E-state index contributed by atoms with van der Waals surface area (Å²) in [6.45, 7) is 2.32. The van der Waals surface area contributed by atoms with Gasteiger partial charge in [-0.05, 0) is 49.2 Å². The van der Waals surface area contributed by atoms with Crippen LogP contribution in [0.3, 0.4) is 0 Å². The summed E-state index contributed by atoms with van der Waals surface area (Å²) in [5.41, 5.74) is 0.628. The van der Waals surface area contributed by atoms with Crippen molar-refractivity contribution < 1.29 is 75.0 Å². The summed E-state index contributed by atoms with van der Waals surface area (Å²) in [7, 11) is -9.24. The lowest BCUT2D eigenvalue weighted by atomic mass is 10.1. The van der Waals surface area contributed by atoms with Crippen molar-refractivity contribution in [3.05, 3.63) is 47.5 Å². The minimum atomic E-state index is -4.90. The van der Waals surface area contributed by atoms with E-state index >= 15 is 0 Å². The summed E-state index contributed by atoms with van der Waals surface area (Å²) in [5.74, 6) is -4.34. The third-order valence-corrected chi connectivity index (χ3v) is 9.91. The molecule has 2 unspecified atom stereocenters. The number of nitrogens with one attached hydrogen (secondary N) is 5. The molecule has 0 aliphatic heterocycles. The van der Waals surface area contributed by atoms with E-state index in [4.69, 9.17) is 15.1 Å². The maximum absolute atomic E-state index is 12.6. The summed E-state index contributed by atoms with van der Waals surface area (Å²) < 4.78 is 75.6. The molecule has 0 saturated heterocycles. The average Bonchev–Trinajstić information content (AvgIpc) is 3.18. The fraction of sp³-hybridized carbons (Fsp3) is 0.233. The highest BCUT2D eigenvalue weighted by atomic mass is 32.2. The molecular formula is C30H34N12O16S4. The van der Waals surface area contributed by atoms with Gasteiger partial charge in [0.05, 0.1) is 23.5 Å². The Morgan fingerprint density at radius 3 is 1.89 bits per heavy atom. The van der Waals surface area contributed by atoms with E-state index in [9.17, 15) is 41.2 Å². The van der Waals surface area contributed by atoms with Crippen LogP contribution in [0, 0.1) is 0 Å². The third-order valence-electron chi connectivity index (χ3n) is 7.18. The molecular weight excluding hydrogens is 913 g/mol. The van der Waals surface area contributed by atoms with E-state index in [0.717, 1.165) is 6.07 Å². The van der Waals surface area contributed by atoms with Crippen LogP contribution in [-0.2, 0) is 48.6 Å². The van der Waals surface area contributed by atoms with Crippen molar-refractivity contribution in [2.45, 2.75) is 35.7 Å². The molecule has 0 radical (unpaired) electrons. The Balaban J connectivity index is 1.64. The fourth-order valence-electron chi connectivity index (χ4n) is 4.40. The van der Waals surface area contributed by atoms with Crippen LogP contribution in [-0.4, -0.2) is 125 Å². The molecule has 62 heavy (non-hydrogen) atoms. The van der Waals surface area contributed by atoms with Crippen molar-refractivity contribution in [3.8, 4) is 0 Å². The van der Waals surface area contributed by atoms with E-state index < -0.39 is 54.9 Å². The molecule has 0 spiro atoms. The molecule has 0 saturated carbocycles. The van der Waals surface area contributed by atoms with Crippen molar-refractivity contribution in [1.29, 1.82) is 0 Å². The highest BCUT2D eigenvalue weighted by Crippen LogP contribution is 2.31. The lowest BCUT2D eigenvalue weighted by Crippen LogP contribution is -2.27. The van der Waals surface area contributed by atoms with E-state index in [1.54, 1.807) is 0 Å². The number of carboxylic acid groups (broad SMARTS) is 2. The van der Waals surface area contributed by atoms with Crippen LogP contribution >= 0.6 is 24.1 Å². The molecule has 334 valence electrons. The number of hydrogen-bond acceptors (Lipinski definition) is 26. The molecule has 2 aromatic heterocycles. The zero-order valence-corrected chi connectivity index (χ0v) is 34.8. The van der Waals surface area contributed by atoms with Gasteiger partial charge in [0.1, 0.15) is 17.0 Å². The van der Waals surface area contributed by atoms with Crippen molar-refractivity contribution >= 4 is 122 Å². The molecule has 0 aliphatic rings. The first kappa shape index (κ1) is 48.8. The Morgan fingerprint density at radius 1 is 0.758 bits per heavy atom. The Kier molecular flexibility index (Phi) is 17.9. The van der Waals surface area contributed by atoms with Gasteiger partial charge in [-0.1, -0.05) is 34.4 Å². The fourth-order valence-corrected chi connectivity index (χ4v) is 6.22. The summed E-state index contributed by atoms with van der Waals surface area (Å²) in [6.07, 6.45) is 4.02. The molecule has 0 bridgehead atoms. The van der Waals surface area contributed by atoms with Crippen molar-refractivity contribution in [2.24, 2.45) is 4.99 Å². The zero-order chi connectivity index (χ0) is 45.5. The van der Waals surface area contributed by atoms with Gasteiger partial charge in [-0.3, -0.25) is 18.7 Å². The van der Waals surface area contributed by atoms with E-state index in [2.05, 4.69) is 80.2 Å². The molecule has 2 aromatic carbocycles. The Bertz CT molecular complexity index is 2500. The monoisotopic (exact) mass is 946 g/mol. The number of aliphatic imine (C=N–C) groups is 1. The predicted octanol–water partition coefficient (Wildman–Crippen LogP) is 3.23. The molecule has 11 N–H and O–H groups in total. The molecule has 4 aromatic rings. The molecule has 28 nitrogen and oxygen atoms in total. The van der Waals surface area contributed by atoms with Gasteiger partial charge in [0.15, 0.2) is 0 Å². The van der Waals surface area contributed by atoms with E-state index in [1.807, 2.05) is 0 Å².